The third-order valence-corrected chi connectivity index (χ3v) is 3.93. The molecule has 1 atom stereocenters. The largest absolute Gasteiger partial charge is 0.466 e. The normalized spacial score (nSPS) is 18.4. The van der Waals surface area contributed by atoms with Gasteiger partial charge >= 0.3 is 5.97 Å². The van der Waals surface area contributed by atoms with Crippen LogP contribution in [-0.2, 0) is 20.9 Å². The summed E-state index contributed by atoms with van der Waals surface area (Å²) in [5.41, 5.74) is 0.462. The van der Waals surface area contributed by atoms with Gasteiger partial charge < -0.3 is 10.1 Å². The zero-order chi connectivity index (χ0) is 16.7. The molecule has 1 aromatic carbocycles. The zero-order valence-electron chi connectivity index (χ0n) is 13.4. The molecular formula is C17H23FN2O3. The van der Waals surface area contributed by atoms with Gasteiger partial charge in [0, 0.05) is 18.7 Å². The number of ether oxygens (including phenoxy) is 1. The van der Waals surface area contributed by atoms with Crippen LogP contribution in [0.25, 0.3) is 0 Å². The predicted molar refractivity (Wildman–Crippen MR) is 84.0 cm³/mol. The molecule has 0 radical (unpaired) electrons. The van der Waals surface area contributed by atoms with E-state index in [1.165, 1.54) is 6.07 Å². The SMILES string of the molecule is CCOC(=O)[C@@H]1CCCN(CC(=O)NCc2ccccc2F)C1. The Bertz CT molecular complexity index is 550. The van der Waals surface area contributed by atoms with Crippen molar-refractivity contribution in [3.63, 3.8) is 0 Å². The van der Waals surface area contributed by atoms with Crippen LogP contribution in [0, 0.1) is 11.7 Å². The Morgan fingerprint density at radius 1 is 1.39 bits per heavy atom. The number of esters is 1. The second-order valence-electron chi connectivity index (χ2n) is 5.69. The Balaban J connectivity index is 1.78. The van der Waals surface area contributed by atoms with Gasteiger partial charge in [-0.15, -0.1) is 0 Å². The van der Waals surface area contributed by atoms with E-state index in [-0.39, 0.29) is 36.7 Å². The van der Waals surface area contributed by atoms with Gasteiger partial charge in [-0.2, -0.15) is 0 Å². The third-order valence-electron chi connectivity index (χ3n) is 3.93. The number of carbonyl (C=O) groups is 2. The molecule has 1 amide bonds. The van der Waals surface area contributed by atoms with Crippen LogP contribution in [0.2, 0.25) is 0 Å². The first kappa shape index (κ1) is 17.4. The average molecular weight is 322 g/mol. The van der Waals surface area contributed by atoms with E-state index in [1.54, 1.807) is 25.1 Å². The zero-order valence-corrected chi connectivity index (χ0v) is 13.4. The van der Waals surface area contributed by atoms with Crippen molar-refractivity contribution >= 4 is 11.9 Å². The van der Waals surface area contributed by atoms with Gasteiger partial charge in [-0.1, -0.05) is 18.2 Å². The van der Waals surface area contributed by atoms with Crippen LogP contribution >= 0.6 is 0 Å². The van der Waals surface area contributed by atoms with E-state index in [1.807, 2.05) is 4.90 Å². The third kappa shape index (κ3) is 5.32. The molecule has 5 nitrogen and oxygen atoms in total. The van der Waals surface area contributed by atoms with Crippen molar-refractivity contribution in [2.24, 2.45) is 5.92 Å². The van der Waals surface area contributed by atoms with Crippen molar-refractivity contribution in [1.82, 2.24) is 10.2 Å². The number of nitrogens with zero attached hydrogens (tertiary/aromatic N) is 1. The highest BCUT2D eigenvalue weighted by atomic mass is 19.1. The van der Waals surface area contributed by atoms with Gasteiger partial charge in [-0.25, -0.2) is 4.39 Å². The molecule has 1 heterocycles. The molecule has 1 saturated heterocycles. The molecule has 126 valence electrons. The minimum absolute atomic E-state index is 0.164. The van der Waals surface area contributed by atoms with Crippen LogP contribution in [0.15, 0.2) is 24.3 Å². The molecular weight excluding hydrogens is 299 g/mol. The summed E-state index contributed by atoms with van der Waals surface area (Å²) in [4.78, 5) is 25.7. The Morgan fingerprint density at radius 3 is 2.91 bits per heavy atom. The van der Waals surface area contributed by atoms with E-state index in [2.05, 4.69) is 5.32 Å². The van der Waals surface area contributed by atoms with E-state index in [4.69, 9.17) is 4.74 Å². The Labute approximate surface area is 135 Å². The number of rotatable bonds is 6. The number of halogens is 1. The number of hydrogen-bond acceptors (Lipinski definition) is 4. The summed E-state index contributed by atoms with van der Waals surface area (Å²) >= 11 is 0. The first-order chi connectivity index (χ1) is 11.1. The number of carbonyl (C=O) groups excluding carboxylic acids is 2. The van der Waals surface area contributed by atoms with Gasteiger partial charge in [0.1, 0.15) is 5.82 Å². The molecule has 0 unspecified atom stereocenters. The molecule has 0 aliphatic carbocycles. The number of nitrogens with one attached hydrogen (secondary N) is 1. The van der Waals surface area contributed by atoms with E-state index in [0.29, 0.717) is 18.7 Å². The van der Waals surface area contributed by atoms with Gasteiger partial charge in [0.2, 0.25) is 5.91 Å². The molecule has 1 aliphatic rings. The molecule has 1 aromatic rings. The van der Waals surface area contributed by atoms with Gasteiger partial charge in [0.15, 0.2) is 0 Å². The monoisotopic (exact) mass is 322 g/mol. The lowest BCUT2D eigenvalue weighted by atomic mass is 9.98. The lowest BCUT2D eigenvalue weighted by Gasteiger charge is -2.30. The van der Waals surface area contributed by atoms with E-state index in [0.717, 1.165) is 19.4 Å². The predicted octanol–water partition coefficient (Wildman–Crippen LogP) is 1.72. The van der Waals surface area contributed by atoms with E-state index >= 15 is 0 Å². The topological polar surface area (TPSA) is 58.6 Å². The second-order valence-corrected chi connectivity index (χ2v) is 5.69. The summed E-state index contributed by atoms with van der Waals surface area (Å²) in [5, 5.41) is 2.72. The molecule has 1 fully saturated rings. The number of piperidine rings is 1. The Hall–Kier alpha value is -1.95. The van der Waals surface area contributed by atoms with Crippen LogP contribution in [-0.4, -0.2) is 43.0 Å². The van der Waals surface area contributed by atoms with E-state index in [9.17, 15) is 14.0 Å². The standard InChI is InChI=1S/C17H23FN2O3/c1-2-23-17(22)14-7-5-9-20(11-14)12-16(21)19-10-13-6-3-4-8-15(13)18/h3-4,6,8,14H,2,5,7,9-12H2,1H3,(H,19,21)/t14-/m1/s1. The minimum Gasteiger partial charge on any atom is -0.466 e. The van der Waals surface area contributed by atoms with Gasteiger partial charge in [-0.05, 0) is 32.4 Å². The average Bonchev–Trinajstić information content (AvgIpc) is 2.54. The highest BCUT2D eigenvalue weighted by molar-refractivity contribution is 5.78. The number of likely N-dealkylation sites (tertiary alicyclic amines) is 1. The Morgan fingerprint density at radius 2 is 2.17 bits per heavy atom. The molecule has 0 spiro atoms. The molecule has 6 heteroatoms. The van der Waals surface area contributed by atoms with Crippen molar-refractivity contribution in [2.45, 2.75) is 26.3 Å². The first-order valence-electron chi connectivity index (χ1n) is 7.99. The maximum Gasteiger partial charge on any atom is 0.310 e. The van der Waals surface area contributed by atoms with Gasteiger partial charge in [0.25, 0.3) is 0 Å². The molecule has 1 aliphatic heterocycles. The number of amides is 1. The molecule has 0 bridgehead atoms. The molecule has 0 saturated carbocycles. The van der Waals surface area contributed by atoms with Crippen molar-refractivity contribution in [1.29, 1.82) is 0 Å². The summed E-state index contributed by atoms with van der Waals surface area (Å²) in [5.74, 6) is -0.849. The van der Waals surface area contributed by atoms with Crippen LogP contribution < -0.4 is 5.32 Å². The lowest BCUT2D eigenvalue weighted by Crippen LogP contribution is -2.44. The van der Waals surface area contributed by atoms with Gasteiger partial charge in [0.05, 0.1) is 19.1 Å². The summed E-state index contributed by atoms with van der Waals surface area (Å²) in [6, 6.07) is 6.37. The summed E-state index contributed by atoms with van der Waals surface area (Å²) < 4.78 is 18.5. The highest BCUT2D eigenvalue weighted by Crippen LogP contribution is 2.17. The van der Waals surface area contributed by atoms with Crippen LogP contribution in [0.3, 0.4) is 0 Å². The highest BCUT2D eigenvalue weighted by Gasteiger charge is 2.27. The maximum absolute atomic E-state index is 13.5. The van der Waals surface area contributed by atoms with Crippen LogP contribution in [0.4, 0.5) is 4.39 Å². The fraction of sp³-hybridized carbons (Fsp3) is 0.529. The van der Waals surface area contributed by atoms with Gasteiger partial charge in [-0.3, -0.25) is 14.5 Å². The van der Waals surface area contributed by atoms with Crippen molar-refractivity contribution < 1.29 is 18.7 Å². The summed E-state index contributed by atoms with van der Waals surface area (Å²) in [7, 11) is 0. The number of hydrogen-bond donors (Lipinski definition) is 1. The van der Waals surface area contributed by atoms with Crippen LogP contribution in [0.1, 0.15) is 25.3 Å². The summed E-state index contributed by atoms with van der Waals surface area (Å²) in [6.45, 7) is 3.85. The van der Waals surface area contributed by atoms with Crippen molar-refractivity contribution in [2.75, 3.05) is 26.2 Å². The minimum atomic E-state index is -0.326. The lowest BCUT2D eigenvalue weighted by molar-refractivity contribution is -0.150. The van der Waals surface area contributed by atoms with E-state index < -0.39 is 0 Å². The second kappa shape index (κ2) is 8.62. The molecule has 2 rings (SSSR count). The van der Waals surface area contributed by atoms with Crippen molar-refractivity contribution in [3.8, 4) is 0 Å². The fourth-order valence-electron chi connectivity index (χ4n) is 2.75. The quantitative estimate of drug-likeness (QED) is 0.810. The first-order valence-corrected chi connectivity index (χ1v) is 7.99. The molecule has 23 heavy (non-hydrogen) atoms. The molecule has 0 aromatic heterocycles. The summed E-state index contributed by atoms with van der Waals surface area (Å²) in [6.07, 6.45) is 1.66. The number of benzene rings is 1. The smallest absolute Gasteiger partial charge is 0.310 e. The van der Waals surface area contributed by atoms with Crippen molar-refractivity contribution in [3.05, 3.63) is 35.6 Å². The van der Waals surface area contributed by atoms with Crippen LogP contribution in [0.5, 0.6) is 0 Å². The maximum atomic E-state index is 13.5. The fourth-order valence-corrected chi connectivity index (χ4v) is 2.75. The molecule has 1 N–H and O–H groups in total. The Kier molecular flexibility index (Phi) is 6.52.